The normalized spacial score (nSPS) is 20.2. The van der Waals surface area contributed by atoms with Crippen molar-refractivity contribution in [2.24, 2.45) is 0 Å². The van der Waals surface area contributed by atoms with Crippen LogP contribution in [0.1, 0.15) is 49.5 Å². The molecule has 2 aromatic rings. The molecule has 0 saturated heterocycles. The van der Waals surface area contributed by atoms with Gasteiger partial charge in [-0.05, 0) is 31.4 Å². The molecule has 25 heavy (non-hydrogen) atoms. The number of hydrogen-bond donors (Lipinski definition) is 2. The van der Waals surface area contributed by atoms with E-state index in [1.165, 1.54) is 0 Å². The lowest BCUT2D eigenvalue weighted by Crippen LogP contribution is -2.45. The quantitative estimate of drug-likeness (QED) is 0.845. The van der Waals surface area contributed by atoms with Crippen molar-refractivity contribution in [1.29, 1.82) is 0 Å². The number of para-hydroxylation sites is 1. The minimum absolute atomic E-state index is 0.220. The Bertz CT molecular complexity index is 699. The van der Waals surface area contributed by atoms with Crippen LogP contribution in [0.5, 0.6) is 5.75 Å². The number of carbonyl (C=O) groups is 1. The van der Waals surface area contributed by atoms with Crippen molar-refractivity contribution in [3.63, 3.8) is 0 Å². The highest BCUT2D eigenvalue weighted by Crippen LogP contribution is 2.22. The Hall–Kier alpha value is -2.34. The maximum atomic E-state index is 12.7. The lowest BCUT2D eigenvalue weighted by Gasteiger charge is -2.28. The van der Waals surface area contributed by atoms with Gasteiger partial charge in [0.05, 0.1) is 30.6 Å². The number of rotatable bonds is 6. The summed E-state index contributed by atoms with van der Waals surface area (Å²) in [6, 6.07) is 9.39. The zero-order valence-electron chi connectivity index (χ0n) is 14.5. The molecule has 0 radical (unpaired) electrons. The number of carbonyl (C=O) groups excluding carboxylic acids is 1. The second-order valence-corrected chi connectivity index (χ2v) is 6.40. The molecule has 1 heterocycles. The number of nitrogens with one attached hydrogen (secondary N) is 1. The van der Waals surface area contributed by atoms with Crippen molar-refractivity contribution in [3.05, 3.63) is 42.2 Å². The summed E-state index contributed by atoms with van der Waals surface area (Å²) in [6.07, 6.45) is 5.62. The zero-order valence-corrected chi connectivity index (χ0v) is 14.5. The number of aromatic nitrogens is 2. The Balaban J connectivity index is 1.82. The average molecular weight is 343 g/mol. The number of aliphatic hydroxyl groups excluding tert-OH is 1. The van der Waals surface area contributed by atoms with Gasteiger partial charge in [0.2, 0.25) is 0 Å². The molecule has 3 rings (SSSR count). The molecule has 1 aliphatic carbocycles. The monoisotopic (exact) mass is 343 g/mol. The molecule has 2 unspecified atom stereocenters. The van der Waals surface area contributed by atoms with Crippen molar-refractivity contribution >= 4 is 5.91 Å². The van der Waals surface area contributed by atoms with E-state index in [9.17, 15) is 9.90 Å². The van der Waals surface area contributed by atoms with E-state index in [0.717, 1.165) is 37.8 Å². The van der Waals surface area contributed by atoms with E-state index < -0.39 is 6.10 Å². The first-order valence-corrected chi connectivity index (χ1v) is 8.96. The van der Waals surface area contributed by atoms with Gasteiger partial charge < -0.3 is 15.2 Å². The summed E-state index contributed by atoms with van der Waals surface area (Å²) in [5.74, 6) is 0.167. The number of aliphatic hydroxyl groups is 1. The Morgan fingerprint density at radius 1 is 1.32 bits per heavy atom. The molecule has 0 bridgehead atoms. The fraction of sp³-hybridized carbons (Fsp3) is 0.474. The lowest BCUT2D eigenvalue weighted by molar-refractivity contribution is 0.0711. The second-order valence-electron chi connectivity index (χ2n) is 6.40. The number of hydrogen-bond acceptors (Lipinski definition) is 4. The van der Waals surface area contributed by atoms with Crippen molar-refractivity contribution < 1.29 is 14.6 Å². The first-order valence-electron chi connectivity index (χ1n) is 8.96. The van der Waals surface area contributed by atoms with Crippen LogP contribution >= 0.6 is 0 Å². The van der Waals surface area contributed by atoms with E-state index in [4.69, 9.17) is 4.74 Å². The standard InChI is InChI=1S/C19H25N3O3/c1-2-12-25-17-13-22(14-8-4-3-5-9-14)21-18(17)19(24)20-15-10-6-7-11-16(15)23/h3-5,8-9,13,15-16,23H,2,6-7,10-12H2,1H3,(H,20,24). The molecule has 2 N–H and O–H groups in total. The minimum Gasteiger partial charge on any atom is -0.489 e. The summed E-state index contributed by atoms with van der Waals surface area (Å²) >= 11 is 0. The van der Waals surface area contributed by atoms with Gasteiger partial charge in [-0.15, -0.1) is 0 Å². The summed E-state index contributed by atoms with van der Waals surface area (Å²) < 4.78 is 7.37. The highest BCUT2D eigenvalue weighted by molar-refractivity contribution is 5.95. The number of amides is 1. The summed E-state index contributed by atoms with van der Waals surface area (Å²) in [7, 11) is 0. The van der Waals surface area contributed by atoms with Gasteiger partial charge in [-0.2, -0.15) is 5.10 Å². The predicted octanol–water partition coefficient (Wildman–Crippen LogP) is 2.69. The number of benzene rings is 1. The SMILES string of the molecule is CCCOc1cn(-c2ccccc2)nc1C(=O)NC1CCCCC1O. The van der Waals surface area contributed by atoms with Crippen LogP contribution < -0.4 is 10.1 Å². The van der Waals surface area contributed by atoms with Gasteiger partial charge in [-0.3, -0.25) is 4.79 Å². The van der Waals surface area contributed by atoms with Crippen LogP contribution in [0.4, 0.5) is 0 Å². The predicted molar refractivity (Wildman–Crippen MR) is 95.1 cm³/mol. The molecule has 1 fully saturated rings. The number of nitrogens with zero attached hydrogens (tertiary/aromatic N) is 2. The third-order valence-corrected chi connectivity index (χ3v) is 4.42. The molecule has 0 aliphatic heterocycles. The van der Waals surface area contributed by atoms with Crippen LogP contribution in [-0.4, -0.2) is 39.5 Å². The van der Waals surface area contributed by atoms with Crippen molar-refractivity contribution in [1.82, 2.24) is 15.1 Å². The van der Waals surface area contributed by atoms with Gasteiger partial charge in [0.15, 0.2) is 11.4 Å². The Morgan fingerprint density at radius 3 is 2.80 bits per heavy atom. The van der Waals surface area contributed by atoms with Gasteiger partial charge in [-0.25, -0.2) is 4.68 Å². The molecule has 2 atom stereocenters. The molecule has 1 aromatic carbocycles. The fourth-order valence-electron chi connectivity index (χ4n) is 3.06. The van der Waals surface area contributed by atoms with Gasteiger partial charge in [0, 0.05) is 0 Å². The molecule has 0 spiro atoms. The van der Waals surface area contributed by atoms with Crippen LogP contribution in [0.15, 0.2) is 36.5 Å². The molecule has 134 valence electrons. The third kappa shape index (κ3) is 4.20. The highest BCUT2D eigenvalue weighted by atomic mass is 16.5. The molecular formula is C19H25N3O3. The van der Waals surface area contributed by atoms with Crippen LogP contribution in [0, 0.1) is 0 Å². The van der Waals surface area contributed by atoms with E-state index >= 15 is 0 Å². The highest BCUT2D eigenvalue weighted by Gasteiger charge is 2.27. The molecule has 6 nitrogen and oxygen atoms in total. The summed E-state index contributed by atoms with van der Waals surface area (Å²) in [5.41, 5.74) is 1.12. The maximum Gasteiger partial charge on any atom is 0.275 e. The van der Waals surface area contributed by atoms with E-state index in [1.54, 1.807) is 10.9 Å². The Kier molecular flexibility index (Phi) is 5.71. The van der Waals surface area contributed by atoms with E-state index in [2.05, 4.69) is 10.4 Å². The molecule has 1 saturated carbocycles. The molecule has 1 amide bonds. The average Bonchev–Trinajstić information content (AvgIpc) is 3.07. The fourth-order valence-corrected chi connectivity index (χ4v) is 3.06. The van der Waals surface area contributed by atoms with Crippen LogP contribution in [0.3, 0.4) is 0 Å². The first kappa shape index (κ1) is 17.5. The van der Waals surface area contributed by atoms with Crippen LogP contribution in [0.2, 0.25) is 0 Å². The van der Waals surface area contributed by atoms with E-state index in [-0.39, 0.29) is 17.6 Å². The van der Waals surface area contributed by atoms with Crippen molar-refractivity contribution in [2.75, 3.05) is 6.61 Å². The first-order chi connectivity index (χ1) is 12.2. The smallest absolute Gasteiger partial charge is 0.275 e. The van der Waals surface area contributed by atoms with Gasteiger partial charge in [0.1, 0.15) is 0 Å². The molecule has 1 aliphatic rings. The zero-order chi connectivity index (χ0) is 17.6. The summed E-state index contributed by atoms with van der Waals surface area (Å²) in [5, 5.41) is 17.4. The summed E-state index contributed by atoms with van der Waals surface area (Å²) in [6.45, 7) is 2.53. The van der Waals surface area contributed by atoms with Gasteiger partial charge >= 0.3 is 0 Å². The molecular weight excluding hydrogens is 318 g/mol. The summed E-state index contributed by atoms with van der Waals surface area (Å²) in [4.78, 5) is 12.7. The van der Waals surface area contributed by atoms with E-state index in [1.807, 2.05) is 37.3 Å². The third-order valence-electron chi connectivity index (χ3n) is 4.42. The van der Waals surface area contributed by atoms with Crippen molar-refractivity contribution in [2.45, 2.75) is 51.2 Å². The van der Waals surface area contributed by atoms with Gasteiger partial charge in [0.25, 0.3) is 5.91 Å². The topological polar surface area (TPSA) is 76.4 Å². The Morgan fingerprint density at radius 2 is 2.08 bits per heavy atom. The van der Waals surface area contributed by atoms with Gasteiger partial charge in [-0.1, -0.05) is 38.0 Å². The van der Waals surface area contributed by atoms with Crippen LogP contribution in [0.25, 0.3) is 5.69 Å². The largest absolute Gasteiger partial charge is 0.489 e. The minimum atomic E-state index is -0.492. The lowest BCUT2D eigenvalue weighted by atomic mass is 9.92. The maximum absolute atomic E-state index is 12.7. The van der Waals surface area contributed by atoms with Crippen LogP contribution in [-0.2, 0) is 0 Å². The molecule has 1 aromatic heterocycles. The van der Waals surface area contributed by atoms with Crippen molar-refractivity contribution in [3.8, 4) is 11.4 Å². The second kappa shape index (κ2) is 8.16. The van der Waals surface area contributed by atoms with E-state index in [0.29, 0.717) is 12.4 Å². The molecule has 6 heteroatoms. The Labute approximate surface area is 147 Å². The number of ether oxygens (including phenoxy) is 1.